The predicted molar refractivity (Wildman–Crippen MR) is 169 cm³/mol. The first kappa shape index (κ1) is 30.7. The van der Waals surface area contributed by atoms with Gasteiger partial charge in [-0.1, -0.05) is 54.2 Å². The Morgan fingerprint density at radius 1 is 1.00 bits per heavy atom. The highest BCUT2D eigenvalue weighted by molar-refractivity contribution is 8.15. The van der Waals surface area contributed by atoms with Crippen LogP contribution in [0, 0.1) is 12.7 Å². The lowest BCUT2D eigenvalue weighted by atomic mass is 10.0. The van der Waals surface area contributed by atoms with E-state index in [1.807, 2.05) is 55.5 Å². The Balaban J connectivity index is 1.19. The standard InChI is InChI=1S/C33H24F4N6O2S/c1-20-7-8-22(16-21-5-3-2-4-6-21)28(15-20)43-29(44)18-46-32(43)40-31(45)39-27-14-9-23(17-26(27)34)30-38-19-42(41-30)25-12-10-24(11-13-25)33(35,36)37/h2-15,17,19H,16,18H2,1H3,(H,39,45)/b40-32-. The fourth-order valence-electron chi connectivity index (χ4n) is 4.84. The number of thioether (sulfide) groups is 1. The number of aromatic nitrogens is 3. The van der Waals surface area contributed by atoms with Gasteiger partial charge in [-0.25, -0.2) is 18.9 Å². The fraction of sp³-hybridized carbons (Fsp3) is 0.121. The SMILES string of the molecule is Cc1ccc(Cc2ccccc2)c(N2C(=O)CS/C2=N\C(=O)Nc2ccc(-c3ncn(-c4ccc(C(F)(F)F)cc4)n3)cc2F)c1. The molecule has 6 rings (SSSR count). The van der Waals surface area contributed by atoms with Crippen molar-refractivity contribution in [3.8, 4) is 17.1 Å². The van der Waals surface area contributed by atoms with Gasteiger partial charge in [0.15, 0.2) is 11.0 Å². The zero-order chi connectivity index (χ0) is 32.4. The molecule has 0 spiro atoms. The van der Waals surface area contributed by atoms with E-state index in [9.17, 15) is 22.8 Å². The van der Waals surface area contributed by atoms with Crippen molar-refractivity contribution in [1.82, 2.24) is 14.8 Å². The van der Waals surface area contributed by atoms with E-state index in [0.717, 1.165) is 46.7 Å². The summed E-state index contributed by atoms with van der Waals surface area (Å²) in [6.45, 7) is 1.91. The molecule has 0 saturated carbocycles. The maximum absolute atomic E-state index is 15.1. The lowest BCUT2D eigenvalue weighted by Crippen LogP contribution is -2.31. The van der Waals surface area contributed by atoms with Crippen molar-refractivity contribution in [1.29, 1.82) is 0 Å². The molecule has 0 aliphatic carbocycles. The first-order valence-corrected chi connectivity index (χ1v) is 14.9. The van der Waals surface area contributed by atoms with E-state index in [1.165, 1.54) is 40.2 Å². The Labute approximate surface area is 264 Å². The van der Waals surface area contributed by atoms with Gasteiger partial charge in [-0.05, 0) is 78.6 Å². The van der Waals surface area contributed by atoms with Crippen LogP contribution in [-0.4, -0.2) is 37.6 Å². The van der Waals surface area contributed by atoms with E-state index in [-0.39, 0.29) is 33.9 Å². The third-order valence-corrected chi connectivity index (χ3v) is 8.02. The number of aryl methyl sites for hydroxylation is 1. The van der Waals surface area contributed by atoms with Crippen LogP contribution in [0.2, 0.25) is 0 Å². The molecule has 1 fully saturated rings. The topological polar surface area (TPSA) is 92.5 Å². The summed E-state index contributed by atoms with van der Waals surface area (Å²) in [6.07, 6.45) is -2.60. The summed E-state index contributed by atoms with van der Waals surface area (Å²) in [5.41, 5.74) is 3.17. The molecule has 1 aromatic heterocycles. The Morgan fingerprint density at radius 2 is 1.76 bits per heavy atom. The highest BCUT2D eigenvalue weighted by Gasteiger charge is 2.32. The van der Waals surface area contributed by atoms with Crippen molar-refractivity contribution in [2.24, 2.45) is 4.99 Å². The summed E-state index contributed by atoms with van der Waals surface area (Å²) in [4.78, 5) is 35.6. The van der Waals surface area contributed by atoms with Gasteiger partial charge in [0.1, 0.15) is 12.1 Å². The van der Waals surface area contributed by atoms with Gasteiger partial charge in [-0.15, -0.1) is 5.10 Å². The molecule has 1 aliphatic rings. The third-order valence-electron chi connectivity index (χ3n) is 7.10. The summed E-state index contributed by atoms with van der Waals surface area (Å²) in [6, 6.07) is 23.0. The van der Waals surface area contributed by atoms with E-state index >= 15 is 4.39 Å². The minimum Gasteiger partial charge on any atom is -0.303 e. The van der Waals surface area contributed by atoms with E-state index in [2.05, 4.69) is 20.4 Å². The molecule has 3 amide bonds. The average molecular weight is 645 g/mol. The molecular weight excluding hydrogens is 620 g/mol. The van der Waals surface area contributed by atoms with Crippen LogP contribution in [0.5, 0.6) is 0 Å². The number of benzene rings is 4. The number of hydrogen-bond donors (Lipinski definition) is 1. The first-order chi connectivity index (χ1) is 22.0. The Kier molecular flexibility index (Phi) is 8.41. The van der Waals surface area contributed by atoms with Crippen molar-refractivity contribution in [3.05, 3.63) is 125 Å². The quantitative estimate of drug-likeness (QED) is 0.192. The normalized spacial score (nSPS) is 14.2. The second kappa shape index (κ2) is 12.6. The third kappa shape index (κ3) is 6.69. The van der Waals surface area contributed by atoms with Gasteiger partial charge in [0.2, 0.25) is 5.91 Å². The number of carbonyl (C=O) groups is 2. The molecule has 0 unspecified atom stereocenters. The molecule has 0 radical (unpaired) electrons. The number of hydrogen-bond acceptors (Lipinski definition) is 5. The molecule has 2 heterocycles. The van der Waals surface area contributed by atoms with Crippen LogP contribution >= 0.6 is 11.8 Å². The van der Waals surface area contributed by atoms with Crippen molar-refractivity contribution in [2.75, 3.05) is 16.0 Å². The molecule has 5 aromatic rings. The second-order valence-corrected chi connectivity index (χ2v) is 11.3. The highest BCUT2D eigenvalue weighted by Crippen LogP contribution is 2.33. The number of nitrogens with one attached hydrogen (secondary N) is 1. The van der Waals surface area contributed by atoms with Crippen LogP contribution in [0.1, 0.15) is 22.3 Å². The van der Waals surface area contributed by atoms with Crippen LogP contribution in [-0.2, 0) is 17.4 Å². The molecule has 46 heavy (non-hydrogen) atoms. The number of halogens is 4. The molecule has 8 nitrogen and oxygen atoms in total. The van der Waals surface area contributed by atoms with Crippen LogP contribution in [0.15, 0.2) is 102 Å². The minimum atomic E-state index is -4.47. The van der Waals surface area contributed by atoms with Crippen molar-refractivity contribution in [3.63, 3.8) is 0 Å². The Morgan fingerprint density at radius 3 is 2.48 bits per heavy atom. The van der Waals surface area contributed by atoms with Gasteiger partial charge in [-0.3, -0.25) is 9.69 Å². The van der Waals surface area contributed by atoms with Crippen LogP contribution < -0.4 is 10.2 Å². The average Bonchev–Trinajstić information content (AvgIpc) is 3.66. The van der Waals surface area contributed by atoms with Gasteiger partial charge in [0.05, 0.1) is 28.4 Å². The van der Waals surface area contributed by atoms with Crippen molar-refractivity contribution in [2.45, 2.75) is 19.5 Å². The smallest absolute Gasteiger partial charge is 0.303 e. The molecule has 0 bridgehead atoms. The van der Waals surface area contributed by atoms with E-state index in [1.54, 1.807) is 0 Å². The second-order valence-electron chi connectivity index (χ2n) is 10.4. The van der Waals surface area contributed by atoms with E-state index < -0.39 is 23.6 Å². The Hall–Kier alpha value is -5.30. The molecule has 1 aliphatic heterocycles. The number of amidine groups is 1. The molecule has 232 valence electrons. The van der Waals surface area contributed by atoms with Gasteiger partial charge in [0.25, 0.3) is 0 Å². The predicted octanol–water partition coefficient (Wildman–Crippen LogP) is 7.66. The zero-order valence-corrected chi connectivity index (χ0v) is 24.9. The number of amides is 3. The number of alkyl halides is 3. The summed E-state index contributed by atoms with van der Waals surface area (Å²) in [5, 5.41) is 6.84. The summed E-state index contributed by atoms with van der Waals surface area (Å²) >= 11 is 1.12. The van der Waals surface area contributed by atoms with Crippen molar-refractivity contribution < 1.29 is 27.2 Å². The minimum absolute atomic E-state index is 0.0972. The number of rotatable bonds is 6. The molecule has 1 saturated heterocycles. The van der Waals surface area contributed by atoms with Crippen LogP contribution in [0.25, 0.3) is 17.1 Å². The van der Waals surface area contributed by atoms with Gasteiger partial charge in [-0.2, -0.15) is 18.2 Å². The molecule has 1 N–H and O–H groups in total. The lowest BCUT2D eigenvalue weighted by molar-refractivity contribution is -0.137. The fourth-order valence-corrected chi connectivity index (χ4v) is 5.70. The van der Waals surface area contributed by atoms with Crippen LogP contribution in [0.4, 0.5) is 33.7 Å². The number of nitrogens with zero attached hydrogens (tertiary/aromatic N) is 5. The Bertz CT molecular complexity index is 1960. The number of aliphatic imine (C=N–C) groups is 1. The maximum Gasteiger partial charge on any atom is 0.416 e. The summed E-state index contributed by atoms with van der Waals surface area (Å²) in [5.74, 6) is -0.791. The zero-order valence-electron chi connectivity index (χ0n) is 24.1. The monoisotopic (exact) mass is 644 g/mol. The first-order valence-electron chi connectivity index (χ1n) is 13.9. The molecule has 4 aromatic carbocycles. The molecule has 13 heteroatoms. The number of carbonyl (C=O) groups excluding carboxylic acids is 2. The van der Waals surface area contributed by atoms with Crippen LogP contribution in [0.3, 0.4) is 0 Å². The van der Waals surface area contributed by atoms with E-state index in [0.29, 0.717) is 17.8 Å². The van der Waals surface area contributed by atoms with Gasteiger partial charge in [0, 0.05) is 5.56 Å². The molecular formula is C33H24F4N6O2S. The number of anilines is 2. The van der Waals surface area contributed by atoms with Crippen molar-refractivity contribution >= 4 is 40.2 Å². The van der Waals surface area contributed by atoms with Gasteiger partial charge >= 0.3 is 12.2 Å². The highest BCUT2D eigenvalue weighted by atomic mass is 32.2. The number of urea groups is 1. The summed E-state index contributed by atoms with van der Waals surface area (Å²) < 4.78 is 55.0. The van der Waals surface area contributed by atoms with Gasteiger partial charge < -0.3 is 5.32 Å². The maximum atomic E-state index is 15.1. The largest absolute Gasteiger partial charge is 0.416 e. The lowest BCUT2D eigenvalue weighted by Gasteiger charge is -2.20. The molecule has 0 atom stereocenters. The summed E-state index contributed by atoms with van der Waals surface area (Å²) in [7, 11) is 0. The van der Waals surface area contributed by atoms with E-state index in [4.69, 9.17) is 0 Å².